The minimum Gasteiger partial charge on any atom is -0.376 e. The van der Waals surface area contributed by atoms with Crippen molar-refractivity contribution < 1.29 is 9.13 Å². The van der Waals surface area contributed by atoms with Crippen molar-refractivity contribution >= 4 is 21.7 Å². The van der Waals surface area contributed by atoms with Crippen LogP contribution in [0.5, 0.6) is 0 Å². The van der Waals surface area contributed by atoms with E-state index in [1.165, 1.54) is 12.1 Å². The average molecular weight is 352 g/mol. The van der Waals surface area contributed by atoms with E-state index in [4.69, 9.17) is 4.74 Å². The second-order valence-corrected chi connectivity index (χ2v) is 5.63. The van der Waals surface area contributed by atoms with Gasteiger partial charge >= 0.3 is 0 Å². The van der Waals surface area contributed by atoms with Crippen LogP contribution < -0.4 is 5.32 Å². The molecule has 1 aromatic heterocycles. The molecule has 1 aliphatic heterocycles. The molecule has 0 aliphatic carbocycles. The predicted molar refractivity (Wildman–Crippen MR) is 82.6 cm³/mol. The molecule has 1 N–H and O–H groups in total. The number of aromatic nitrogens is 2. The Kier molecular flexibility index (Phi) is 4.17. The Morgan fingerprint density at radius 2 is 2.24 bits per heavy atom. The highest BCUT2D eigenvalue weighted by Crippen LogP contribution is 2.30. The van der Waals surface area contributed by atoms with Gasteiger partial charge in [0.05, 0.1) is 18.9 Å². The quantitative estimate of drug-likeness (QED) is 0.918. The van der Waals surface area contributed by atoms with E-state index in [-0.39, 0.29) is 5.82 Å². The minimum absolute atomic E-state index is 0.303. The molecule has 0 atom stereocenters. The molecule has 4 nitrogen and oxygen atoms in total. The summed E-state index contributed by atoms with van der Waals surface area (Å²) in [4.78, 5) is 9.15. The number of rotatable bonds is 3. The summed E-state index contributed by atoms with van der Waals surface area (Å²) in [7, 11) is 0. The largest absolute Gasteiger partial charge is 0.376 e. The smallest absolute Gasteiger partial charge is 0.163 e. The van der Waals surface area contributed by atoms with E-state index < -0.39 is 0 Å². The second-order valence-electron chi connectivity index (χ2n) is 4.78. The molecule has 0 saturated heterocycles. The molecule has 0 unspecified atom stereocenters. The number of hydrogen-bond acceptors (Lipinski definition) is 4. The summed E-state index contributed by atoms with van der Waals surface area (Å²) >= 11 is 3.43. The number of nitrogens with one attached hydrogen (secondary N) is 1. The van der Waals surface area contributed by atoms with Gasteiger partial charge < -0.3 is 10.1 Å². The van der Waals surface area contributed by atoms with Crippen LogP contribution in [-0.2, 0) is 17.8 Å². The zero-order valence-electron chi connectivity index (χ0n) is 11.6. The van der Waals surface area contributed by atoms with Gasteiger partial charge in [0.25, 0.3) is 0 Å². The third-order valence-corrected chi connectivity index (χ3v) is 4.03. The van der Waals surface area contributed by atoms with Crippen molar-refractivity contribution in [3.8, 4) is 11.4 Å². The first-order chi connectivity index (χ1) is 10.2. The summed E-state index contributed by atoms with van der Waals surface area (Å²) in [5, 5.41) is 3.24. The highest BCUT2D eigenvalue weighted by molar-refractivity contribution is 9.10. The SMILES string of the molecule is CCNc1nc(-c2cc(F)ccc2Br)nc2c1COCC2. The lowest BCUT2D eigenvalue weighted by atomic mass is 10.1. The van der Waals surface area contributed by atoms with Crippen molar-refractivity contribution in [3.63, 3.8) is 0 Å². The van der Waals surface area contributed by atoms with Gasteiger partial charge in [-0.15, -0.1) is 0 Å². The van der Waals surface area contributed by atoms with Gasteiger partial charge in [0, 0.05) is 28.6 Å². The van der Waals surface area contributed by atoms with Crippen LogP contribution in [0.4, 0.5) is 10.2 Å². The fourth-order valence-corrected chi connectivity index (χ4v) is 2.76. The van der Waals surface area contributed by atoms with Crippen LogP contribution >= 0.6 is 15.9 Å². The summed E-state index contributed by atoms with van der Waals surface area (Å²) in [5.41, 5.74) is 2.63. The maximum Gasteiger partial charge on any atom is 0.163 e. The van der Waals surface area contributed by atoms with Gasteiger partial charge in [0.15, 0.2) is 5.82 Å². The summed E-state index contributed by atoms with van der Waals surface area (Å²) in [6, 6.07) is 4.52. The van der Waals surface area contributed by atoms with Gasteiger partial charge in [0.1, 0.15) is 11.6 Å². The predicted octanol–water partition coefficient (Wildman–Crippen LogP) is 3.55. The maximum atomic E-state index is 13.5. The van der Waals surface area contributed by atoms with Crippen molar-refractivity contribution in [2.75, 3.05) is 18.5 Å². The van der Waals surface area contributed by atoms with E-state index >= 15 is 0 Å². The molecule has 2 heterocycles. The van der Waals surface area contributed by atoms with E-state index in [0.29, 0.717) is 24.6 Å². The Morgan fingerprint density at radius 3 is 3.05 bits per heavy atom. The zero-order valence-corrected chi connectivity index (χ0v) is 13.2. The Hall–Kier alpha value is -1.53. The summed E-state index contributed by atoms with van der Waals surface area (Å²) in [6.45, 7) is 3.94. The Balaban J connectivity index is 2.14. The van der Waals surface area contributed by atoms with E-state index in [1.807, 2.05) is 6.92 Å². The number of halogens is 2. The van der Waals surface area contributed by atoms with Crippen molar-refractivity contribution in [3.05, 3.63) is 39.7 Å². The standard InChI is InChI=1S/C15H15BrFN3O/c1-2-18-14-11-8-21-6-5-13(11)19-15(20-14)10-7-9(17)3-4-12(10)16/h3-4,7H,2,5-6,8H2,1H3,(H,18,19,20). The van der Waals surface area contributed by atoms with E-state index in [9.17, 15) is 4.39 Å². The minimum atomic E-state index is -0.303. The molecule has 0 spiro atoms. The number of benzene rings is 1. The molecule has 0 radical (unpaired) electrons. The van der Waals surface area contributed by atoms with Gasteiger partial charge in [-0.25, -0.2) is 14.4 Å². The molecule has 0 saturated carbocycles. The third-order valence-electron chi connectivity index (χ3n) is 3.34. The summed E-state index contributed by atoms with van der Waals surface area (Å²) in [6.07, 6.45) is 0.746. The van der Waals surface area contributed by atoms with Gasteiger partial charge in [-0.3, -0.25) is 0 Å². The van der Waals surface area contributed by atoms with E-state index in [1.54, 1.807) is 6.07 Å². The van der Waals surface area contributed by atoms with Gasteiger partial charge in [-0.1, -0.05) is 15.9 Å². The Labute approximate surface area is 130 Å². The van der Waals surface area contributed by atoms with Crippen molar-refractivity contribution in [1.29, 1.82) is 0 Å². The average Bonchev–Trinajstić information content (AvgIpc) is 2.50. The maximum absolute atomic E-state index is 13.5. The number of hydrogen-bond donors (Lipinski definition) is 1. The van der Waals surface area contributed by atoms with Crippen LogP contribution in [0.2, 0.25) is 0 Å². The molecular weight excluding hydrogens is 337 g/mol. The van der Waals surface area contributed by atoms with E-state index in [2.05, 4.69) is 31.2 Å². The number of anilines is 1. The first-order valence-electron chi connectivity index (χ1n) is 6.86. The topological polar surface area (TPSA) is 47.0 Å². The normalized spacial score (nSPS) is 13.9. The Morgan fingerprint density at radius 1 is 1.38 bits per heavy atom. The molecular formula is C15H15BrFN3O. The molecule has 6 heteroatoms. The van der Waals surface area contributed by atoms with Crippen molar-refractivity contribution in [2.24, 2.45) is 0 Å². The molecule has 1 aliphatic rings. The van der Waals surface area contributed by atoms with E-state index in [0.717, 1.165) is 34.5 Å². The van der Waals surface area contributed by atoms with Crippen LogP contribution in [-0.4, -0.2) is 23.1 Å². The van der Waals surface area contributed by atoms with Crippen LogP contribution in [0.25, 0.3) is 11.4 Å². The summed E-state index contributed by atoms with van der Waals surface area (Å²) in [5.74, 6) is 0.995. The number of nitrogens with zero attached hydrogens (tertiary/aromatic N) is 2. The lowest BCUT2D eigenvalue weighted by Crippen LogP contribution is -2.17. The monoisotopic (exact) mass is 351 g/mol. The van der Waals surface area contributed by atoms with Crippen LogP contribution in [0.1, 0.15) is 18.2 Å². The van der Waals surface area contributed by atoms with Crippen molar-refractivity contribution in [1.82, 2.24) is 9.97 Å². The fraction of sp³-hybridized carbons (Fsp3) is 0.333. The van der Waals surface area contributed by atoms with Gasteiger partial charge in [-0.05, 0) is 25.1 Å². The second kappa shape index (κ2) is 6.07. The van der Waals surface area contributed by atoms with Crippen LogP contribution in [0.15, 0.2) is 22.7 Å². The zero-order chi connectivity index (χ0) is 14.8. The number of ether oxygens (including phenoxy) is 1. The lowest BCUT2D eigenvalue weighted by Gasteiger charge is -2.20. The Bertz CT molecular complexity index is 678. The lowest BCUT2D eigenvalue weighted by molar-refractivity contribution is 0.109. The molecule has 3 rings (SSSR count). The molecule has 21 heavy (non-hydrogen) atoms. The molecule has 0 fully saturated rings. The molecule has 0 bridgehead atoms. The first-order valence-corrected chi connectivity index (χ1v) is 7.65. The highest BCUT2D eigenvalue weighted by atomic mass is 79.9. The molecule has 2 aromatic rings. The highest BCUT2D eigenvalue weighted by Gasteiger charge is 2.19. The van der Waals surface area contributed by atoms with Crippen molar-refractivity contribution in [2.45, 2.75) is 20.0 Å². The van der Waals surface area contributed by atoms with Gasteiger partial charge in [-0.2, -0.15) is 0 Å². The third kappa shape index (κ3) is 2.91. The molecule has 110 valence electrons. The number of fused-ring (bicyclic) bond motifs is 1. The fourth-order valence-electron chi connectivity index (χ4n) is 2.33. The summed E-state index contributed by atoms with van der Waals surface area (Å²) < 4.78 is 19.8. The van der Waals surface area contributed by atoms with Gasteiger partial charge in [0.2, 0.25) is 0 Å². The van der Waals surface area contributed by atoms with Crippen LogP contribution in [0.3, 0.4) is 0 Å². The molecule has 1 aromatic carbocycles. The molecule has 0 amide bonds. The first kappa shape index (κ1) is 14.4. The van der Waals surface area contributed by atoms with Crippen LogP contribution in [0, 0.1) is 5.82 Å².